The number of anilines is 1. The third-order valence-corrected chi connectivity index (χ3v) is 15.8. The minimum Gasteiger partial charge on any atom is -0.491 e. The molecule has 5 aliphatic rings. The Bertz CT molecular complexity index is 3570. The van der Waals surface area contributed by atoms with E-state index in [4.69, 9.17) is 33.2 Å². The molecule has 2 bridgehead atoms. The van der Waals surface area contributed by atoms with Crippen LogP contribution in [0.2, 0.25) is 0 Å². The third kappa shape index (κ3) is 8.54. The maximum Gasteiger partial charge on any atom is 0.264 e. The van der Waals surface area contributed by atoms with Crippen molar-refractivity contribution in [3.63, 3.8) is 0 Å². The molecule has 0 spiro atoms. The van der Waals surface area contributed by atoms with Gasteiger partial charge in [-0.1, -0.05) is 42.5 Å². The number of likely N-dealkylation sites (N-methyl/N-ethyl adjacent to an activating group) is 1. The summed E-state index contributed by atoms with van der Waals surface area (Å²) >= 11 is 0. The van der Waals surface area contributed by atoms with Crippen molar-refractivity contribution in [2.75, 3.05) is 85.5 Å². The van der Waals surface area contributed by atoms with E-state index in [2.05, 4.69) is 56.3 Å². The van der Waals surface area contributed by atoms with Crippen LogP contribution in [0.4, 0.5) is 5.69 Å². The van der Waals surface area contributed by atoms with Gasteiger partial charge in [-0.15, -0.1) is 0 Å². The monoisotopic (exact) mass is 1060 g/mol. The normalized spacial score (nSPS) is 21.4. The Morgan fingerprint density at radius 2 is 1.42 bits per heavy atom. The highest BCUT2D eigenvalue weighted by Gasteiger charge is 2.55. The van der Waals surface area contributed by atoms with E-state index in [1.165, 1.54) is 0 Å². The van der Waals surface area contributed by atoms with Crippen molar-refractivity contribution in [2.45, 2.75) is 62.9 Å². The Balaban J connectivity index is 0.584. The molecule has 404 valence electrons. The van der Waals surface area contributed by atoms with Gasteiger partial charge >= 0.3 is 0 Å². The van der Waals surface area contributed by atoms with Crippen LogP contribution in [0.15, 0.2) is 91.0 Å². The van der Waals surface area contributed by atoms with Crippen LogP contribution < -0.4 is 20.7 Å². The Labute approximate surface area is 447 Å². The number of aromatic nitrogens is 2. The first-order chi connectivity index (χ1) is 38.0. The summed E-state index contributed by atoms with van der Waals surface area (Å²) in [5.74, 6) is -1.86. The third-order valence-electron chi connectivity index (χ3n) is 15.8. The first-order valence-corrected chi connectivity index (χ1v) is 26.4. The molecule has 5 atom stereocenters. The number of nitrogens with zero attached hydrogens (tertiary/aromatic N) is 4. The van der Waals surface area contributed by atoms with Gasteiger partial charge in [-0.3, -0.25) is 39.0 Å². The molecule has 78 heavy (non-hydrogen) atoms. The summed E-state index contributed by atoms with van der Waals surface area (Å²) in [6.45, 7) is 5.99. The number of amides is 6. The van der Waals surface area contributed by atoms with Crippen molar-refractivity contribution in [3.05, 3.63) is 119 Å². The molecule has 0 saturated carbocycles. The smallest absolute Gasteiger partial charge is 0.264 e. The number of carbonyl (C=O) groups excluding carboxylic acids is 6. The number of hydrogen-bond acceptors (Lipinski definition) is 14. The summed E-state index contributed by atoms with van der Waals surface area (Å²) < 4.78 is 46.8. The van der Waals surface area contributed by atoms with Crippen molar-refractivity contribution in [1.29, 1.82) is 0 Å². The van der Waals surface area contributed by atoms with Crippen LogP contribution >= 0.6 is 0 Å². The molecular weight excluding hydrogens is 1000 g/mol. The molecule has 2 aromatic heterocycles. The number of imide groups is 2. The van der Waals surface area contributed by atoms with Crippen molar-refractivity contribution in [3.8, 4) is 5.75 Å². The van der Waals surface area contributed by atoms with E-state index in [1.54, 1.807) is 54.5 Å². The fourth-order valence-corrected chi connectivity index (χ4v) is 12.3. The standard InChI is InChI=1S/C58H59N7O13/c1-58-52(72-3)43(31-45(78-58)63-40-13-6-4-9-35(40)48-49-38(32-60-54(49)68)46-36-10-5-7-14-41(36)65(58)51(46)50(48)63)62(2)55(69)33-15-17-34(18-16-33)77-30-29-76-28-27-75-26-25-74-24-23-73-22-21-59-39-12-8-11-37-47(39)57(71)64(56(37)70)42-19-20-44(66)61-53(42)67/h4-18,42-43,45,52,59H,19-32H2,1-3H3,(H,60,68)(H,61,66,67)/t42?,43-,45-,52-,58+/m1/s1. The molecule has 7 heterocycles. The molecule has 5 aliphatic heterocycles. The lowest BCUT2D eigenvalue weighted by Gasteiger charge is -2.50. The van der Waals surface area contributed by atoms with Gasteiger partial charge in [0.25, 0.3) is 23.6 Å². The SMILES string of the molecule is CO[C@@H]1[C@H](N(C)C(=O)c2ccc(OCCOCCOCCOCCOCCNc3cccc4c3C(=O)N(C3CCC(=O)NC3=O)C4=O)cc2)C[C@H]2O[C@]1(C)n1c3ccccc3c3c4c(c5c6ccccc6n2c5c31)C(=O)NC4. The topological polar surface area (TPSA) is 219 Å². The van der Waals surface area contributed by atoms with Gasteiger partial charge in [-0.2, -0.15) is 0 Å². The Kier molecular flexibility index (Phi) is 13.7. The zero-order valence-corrected chi connectivity index (χ0v) is 43.5. The lowest BCUT2D eigenvalue weighted by molar-refractivity contribution is -0.264. The van der Waals surface area contributed by atoms with Crippen LogP contribution in [-0.2, 0) is 50.3 Å². The second kappa shape index (κ2) is 20.9. The number of para-hydroxylation sites is 2. The van der Waals surface area contributed by atoms with Crippen molar-refractivity contribution in [1.82, 2.24) is 29.6 Å². The maximum absolute atomic E-state index is 14.5. The predicted octanol–water partition coefficient (Wildman–Crippen LogP) is 5.87. The number of benzene rings is 5. The van der Waals surface area contributed by atoms with Gasteiger partial charge in [0.1, 0.15) is 30.7 Å². The number of nitrogens with one attached hydrogen (secondary N) is 3. The van der Waals surface area contributed by atoms with E-state index in [9.17, 15) is 28.8 Å². The second-order valence-corrected chi connectivity index (χ2v) is 20.2. The van der Waals surface area contributed by atoms with Crippen molar-refractivity contribution in [2.24, 2.45) is 0 Å². The molecule has 7 aromatic rings. The predicted molar refractivity (Wildman–Crippen MR) is 285 cm³/mol. The number of carbonyl (C=O) groups is 6. The Morgan fingerprint density at radius 1 is 0.756 bits per heavy atom. The van der Waals surface area contributed by atoms with E-state index in [0.717, 1.165) is 54.1 Å². The number of piperidine rings is 1. The Morgan fingerprint density at radius 3 is 2.13 bits per heavy atom. The summed E-state index contributed by atoms with van der Waals surface area (Å²) in [7, 11) is 3.51. The van der Waals surface area contributed by atoms with E-state index in [-0.39, 0.29) is 35.8 Å². The molecule has 0 aliphatic carbocycles. The van der Waals surface area contributed by atoms with Gasteiger partial charge in [0.15, 0.2) is 5.72 Å². The van der Waals surface area contributed by atoms with Gasteiger partial charge in [0.2, 0.25) is 11.8 Å². The summed E-state index contributed by atoms with van der Waals surface area (Å²) in [6, 6.07) is 27.0. The van der Waals surface area contributed by atoms with E-state index in [1.807, 2.05) is 31.3 Å². The number of fused-ring (bicyclic) bond motifs is 14. The molecule has 2 fully saturated rings. The summed E-state index contributed by atoms with van der Waals surface area (Å²) in [5, 5.41) is 12.4. The highest BCUT2D eigenvalue weighted by atomic mass is 16.6. The molecule has 1 unspecified atom stereocenters. The molecular formula is C58H59N7O13. The number of hydrogen-bond donors (Lipinski definition) is 3. The average molecular weight is 1060 g/mol. The largest absolute Gasteiger partial charge is 0.491 e. The fraction of sp³-hybridized carbons (Fsp3) is 0.379. The first kappa shape index (κ1) is 51.1. The number of rotatable bonds is 21. The average Bonchev–Trinajstić information content (AvgIpc) is 4.37. The van der Waals surface area contributed by atoms with E-state index < -0.39 is 53.8 Å². The lowest BCUT2D eigenvalue weighted by Crippen LogP contribution is -2.61. The molecule has 3 N–H and O–H groups in total. The molecule has 12 rings (SSSR count). The van der Waals surface area contributed by atoms with Gasteiger partial charge in [0.05, 0.1) is 97.7 Å². The maximum atomic E-state index is 14.5. The highest BCUT2D eigenvalue weighted by molar-refractivity contribution is 6.31. The zero-order valence-electron chi connectivity index (χ0n) is 43.5. The molecule has 0 radical (unpaired) electrons. The van der Waals surface area contributed by atoms with Gasteiger partial charge in [0, 0.05) is 72.9 Å². The number of methoxy groups -OCH3 is 1. The second-order valence-electron chi connectivity index (χ2n) is 20.2. The van der Waals surface area contributed by atoms with Gasteiger partial charge in [-0.25, -0.2) is 0 Å². The van der Waals surface area contributed by atoms with Crippen LogP contribution in [0.5, 0.6) is 5.75 Å². The summed E-state index contributed by atoms with van der Waals surface area (Å²) in [5.41, 5.74) is 5.82. The number of ether oxygens (including phenoxy) is 7. The summed E-state index contributed by atoms with van der Waals surface area (Å²) in [4.78, 5) is 81.4. The zero-order chi connectivity index (χ0) is 53.8. The molecule has 5 aromatic carbocycles. The van der Waals surface area contributed by atoms with Crippen molar-refractivity contribution < 1.29 is 61.9 Å². The molecule has 20 nitrogen and oxygen atoms in total. The van der Waals surface area contributed by atoms with Crippen LogP contribution in [0.3, 0.4) is 0 Å². The van der Waals surface area contributed by atoms with Crippen LogP contribution in [0.25, 0.3) is 43.6 Å². The first-order valence-electron chi connectivity index (χ1n) is 26.4. The van der Waals surface area contributed by atoms with Crippen LogP contribution in [0, 0.1) is 0 Å². The van der Waals surface area contributed by atoms with Crippen LogP contribution in [-0.4, -0.2) is 153 Å². The van der Waals surface area contributed by atoms with Crippen LogP contribution in [0.1, 0.15) is 79.4 Å². The van der Waals surface area contributed by atoms with Gasteiger partial charge < -0.3 is 57.8 Å². The van der Waals surface area contributed by atoms with E-state index in [0.29, 0.717) is 102 Å². The highest BCUT2D eigenvalue weighted by Crippen LogP contribution is 2.54. The fourth-order valence-electron chi connectivity index (χ4n) is 12.3. The quantitative estimate of drug-likeness (QED) is 0.0567. The minimum atomic E-state index is -1.08. The molecule has 2 saturated heterocycles. The Hall–Kier alpha value is -7.72. The molecule has 6 amide bonds. The molecule has 20 heteroatoms. The minimum absolute atomic E-state index is 0.0521. The van der Waals surface area contributed by atoms with Gasteiger partial charge in [-0.05, 0) is 67.4 Å². The summed E-state index contributed by atoms with van der Waals surface area (Å²) in [6.07, 6.45) is -0.518. The van der Waals surface area contributed by atoms with E-state index >= 15 is 0 Å². The lowest BCUT2D eigenvalue weighted by atomic mass is 9.91. The van der Waals surface area contributed by atoms with Crippen molar-refractivity contribution >= 4 is 84.7 Å².